The third-order valence-electron chi connectivity index (χ3n) is 5.40. The fraction of sp³-hybridized carbons (Fsp3) is 0.391. The van der Waals surface area contributed by atoms with E-state index < -0.39 is 0 Å². The molecule has 1 aromatic heterocycles. The number of nitrogens with zero attached hydrogens (tertiary/aromatic N) is 3. The van der Waals surface area contributed by atoms with Crippen molar-refractivity contribution in [1.82, 2.24) is 14.8 Å². The Morgan fingerprint density at radius 1 is 0.852 bits per heavy atom. The zero-order chi connectivity index (χ0) is 18.5. The molecule has 0 saturated heterocycles. The molecule has 3 nitrogen and oxygen atoms in total. The molecule has 4 rings (SSSR count). The SMILES string of the molecule is CCSC(c1ccccc1)(c1ccccc1)c1nnc2n1CCCCCC2. The first-order chi connectivity index (χ1) is 13.4. The Balaban J connectivity index is 1.96. The van der Waals surface area contributed by atoms with Crippen LogP contribution in [0, 0.1) is 0 Å². The lowest BCUT2D eigenvalue weighted by Crippen LogP contribution is -2.31. The van der Waals surface area contributed by atoms with Crippen molar-refractivity contribution in [1.29, 1.82) is 0 Å². The normalized spacial score (nSPS) is 15.0. The smallest absolute Gasteiger partial charge is 0.158 e. The second kappa shape index (κ2) is 8.30. The Bertz CT molecular complexity index is 818. The van der Waals surface area contributed by atoms with Crippen LogP contribution in [0.5, 0.6) is 0 Å². The zero-order valence-corrected chi connectivity index (χ0v) is 16.8. The molecule has 2 heterocycles. The van der Waals surface area contributed by atoms with Crippen LogP contribution in [0.4, 0.5) is 0 Å². The number of rotatable bonds is 5. The van der Waals surface area contributed by atoms with E-state index >= 15 is 0 Å². The number of fused-ring (bicyclic) bond motifs is 1. The Kier molecular flexibility index (Phi) is 5.63. The molecule has 0 unspecified atom stereocenters. The minimum atomic E-state index is -0.332. The summed E-state index contributed by atoms with van der Waals surface area (Å²) >= 11 is 1.95. The van der Waals surface area contributed by atoms with Crippen molar-refractivity contribution in [2.75, 3.05) is 5.75 Å². The summed E-state index contributed by atoms with van der Waals surface area (Å²) in [5.74, 6) is 3.24. The van der Waals surface area contributed by atoms with Gasteiger partial charge in [0.05, 0.1) is 0 Å². The summed E-state index contributed by atoms with van der Waals surface area (Å²) in [5.41, 5.74) is 2.56. The van der Waals surface area contributed by atoms with Gasteiger partial charge in [0.1, 0.15) is 10.6 Å². The van der Waals surface area contributed by atoms with E-state index in [2.05, 4.69) is 77.3 Å². The van der Waals surface area contributed by atoms with Gasteiger partial charge in [0.25, 0.3) is 0 Å². The van der Waals surface area contributed by atoms with Gasteiger partial charge in [-0.1, -0.05) is 80.4 Å². The number of hydrogen-bond acceptors (Lipinski definition) is 3. The van der Waals surface area contributed by atoms with Crippen LogP contribution in [0.25, 0.3) is 0 Å². The van der Waals surface area contributed by atoms with Gasteiger partial charge in [-0.25, -0.2) is 0 Å². The molecule has 0 radical (unpaired) electrons. The van der Waals surface area contributed by atoms with Gasteiger partial charge in [-0.2, -0.15) is 0 Å². The van der Waals surface area contributed by atoms with Crippen molar-refractivity contribution in [2.24, 2.45) is 0 Å². The van der Waals surface area contributed by atoms with Crippen LogP contribution in [-0.2, 0) is 17.7 Å². The van der Waals surface area contributed by atoms with E-state index in [0.29, 0.717) is 0 Å². The molecule has 0 amide bonds. The van der Waals surface area contributed by atoms with Crippen molar-refractivity contribution in [3.63, 3.8) is 0 Å². The highest BCUT2D eigenvalue weighted by molar-refractivity contribution is 8.00. The average Bonchev–Trinajstić information content (AvgIpc) is 3.09. The standard InChI is InChI=1S/C23H27N3S/c1-2-27-23(19-13-7-5-8-14-19,20-15-9-6-10-16-20)22-25-24-21-17-11-3-4-12-18-26(21)22/h5-10,13-16H,2-4,11-12,17-18H2,1H3. The predicted molar refractivity (Wildman–Crippen MR) is 113 cm³/mol. The van der Waals surface area contributed by atoms with E-state index in [4.69, 9.17) is 5.10 Å². The first-order valence-electron chi connectivity index (χ1n) is 10.0. The Morgan fingerprint density at radius 2 is 1.48 bits per heavy atom. The average molecular weight is 378 g/mol. The second-order valence-electron chi connectivity index (χ2n) is 7.10. The molecule has 1 aliphatic heterocycles. The number of aryl methyl sites for hydroxylation is 1. The molecule has 4 heteroatoms. The number of thioether (sulfide) groups is 1. The molecular weight excluding hydrogens is 350 g/mol. The van der Waals surface area contributed by atoms with Crippen LogP contribution in [0.15, 0.2) is 60.7 Å². The molecule has 3 aromatic rings. The van der Waals surface area contributed by atoms with E-state index in [1.165, 1.54) is 36.8 Å². The minimum Gasteiger partial charge on any atom is -0.313 e. The van der Waals surface area contributed by atoms with Crippen LogP contribution in [0.1, 0.15) is 55.4 Å². The maximum Gasteiger partial charge on any atom is 0.158 e. The topological polar surface area (TPSA) is 30.7 Å². The Labute approximate surface area is 166 Å². The molecule has 0 N–H and O–H groups in total. The van der Waals surface area contributed by atoms with Gasteiger partial charge in [-0.05, 0) is 29.7 Å². The molecule has 0 atom stereocenters. The molecule has 1 aliphatic rings. The second-order valence-corrected chi connectivity index (χ2v) is 8.58. The van der Waals surface area contributed by atoms with E-state index in [0.717, 1.165) is 30.4 Å². The predicted octanol–water partition coefficient (Wildman–Crippen LogP) is 5.44. The maximum absolute atomic E-state index is 4.82. The van der Waals surface area contributed by atoms with E-state index in [-0.39, 0.29) is 4.75 Å². The summed E-state index contributed by atoms with van der Waals surface area (Å²) in [5, 5.41) is 9.47. The zero-order valence-electron chi connectivity index (χ0n) is 16.0. The third-order valence-corrected chi connectivity index (χ3v) is 6.77. The summed E-state index contributed by atoms with van der Waals surface area (Å²) in [6, 6.07) is 21.7. The first kappa shape index (κ1) is 18.3. The van der Waals surface area contributed by atoms with Gasteiger partial charge >= 0.3 is 0 Å². The van der Waals surface area contributed by atoms with E-state index in [1.807, 2.05) is 11.8 Å². The van der Waals surface area contributed by atoms with Gasteiger partial charge in [0, 0.05) is 13.0 Å². The lowest BCUT2D eigenvalue weighted by atomic mass is 9.89. The Morgan fingerprint density at radius 3 is 2.11 bits per heavy atom. The summed E-state index contributed by atoms with van der Waals surface area (Å²) in [6.45, 7) is 3.25. The van der Waals surface area contributed by atoms with Gasteiger partial charge in [0.15, 0.2) is 5.82 Å². The molecule has 0 spiro atoms. The number of hydrogen-bond donors (Lipinski definition) is 0. The minimum absolute atomic E-state index is 0.332. The molecule has 140 valence electrons. The number of aromatic nitrogens is 3. The molecule has 2 aromatic carbocycles. The molecule has 0 saturated carbocycles. The van der Waals surface area contributed by atoms with Crippen LogP contribution < -0.4 is 0 Å². The van der Waals surface area contributed by atoms with Crippen molar-refractivity contribution >= 4 is 11.8 Å². The molecule has 0 bridgehead atoms. The maximum atomic E-state index is 4.82. The largest absolute Gasteiger partial charge is 0.313 e. The lowest BCUT2D eigenvalue weighted by molar-refractivity contribution is 0.499. The van der Waals surface area contributed by atoms with Crippen molar-refractivity contribution in [3.8, 4) is 0 Å². The quantitative estimate of drug-likeness (QED) is 0.593. The summed E-state index contributed by atoms with van der Waals surface area (Å²) < 4.78 is 2.09. The third kappa shape index (κ3) is 3.43. The monoisotopic (exact) mass is 377 g/mol. The van der Waals surface area contributed by atoms with Gasteiger partial charge < -0.3 is 4.57 Å². The summed E-state index contributed by atoms with van der Waals surface area (Å²) in [7, 11) is 0. The highest BCUT2D eigenvalue weighted by Crippen LogP contribution is 2.47. The van der Waals surface area contributed by atoms with Crippen molar-refractivity contribution in [2.45, 2.75) is 50.3 Å². The van der Waals surface area contributed by atoms with Crippen molar-refractivity contribution < 1.29 is 0 Å². The highest BCUT2D eigenvalue weighted by atomic mass is 32.2. The molecular formula is C23H27N3S. The Hall–Kier alpha value is -2.07. The fourth-order valence-corrected chi connectivity index (χ4v) is 5.46. The molecule has 0 fully saturated rings. The van der Waals surface area contributed by atoms with Crippen molar-refractivity contribution in [3.05, 3.63) is 83.4 Å². The van der Waals surface area contributed by atoms with Gasteiger partial charge in [0.2, 0.25) is 0 Å². The fourth-order valence-electron chi connectivity index (χ4n) is 4.14. The first-order valence-corrected chi connectivity index (χ1v) is 11.0. The van der Waals surface area contributed by atoms with Gasteiger partial charge in [-0.3, -0.25) is 0 Å². The summed E-state index contributed by atoms with van der Waals surface area (Å²) in [6.07, 6.45) is 6.04. The molecule has 0 aliphatic carbocycles. The lowest BCUT2D eigenvalue weighted by Gasteiger charge is -2.34. The highest BCUT2D eigenvalue weighted by Gasteiger charge is 2.41. The van der Waals surface area contributed by atoms with E-state index in [9.17, 15) is 0 Å². The molecule has 27 heavy (non-hydrogen) atoms. The van der Waals surface area contributed by atoms with Crippen LogP contribution in [0.3, 0.4) is 0 Å². The summed E-state index contributed by atoms with van der Waals surface area (Å²) in [4.78, 5) is 0. The van der Waals surface area contributed by atoms with Crippen LogP contribution in [-0.4, -0.2) is 20.5 Å². The number of benzene rings is 2. The van der Waals surface area contributed by atoms with Crippen LogP contribution in [0.2, 0.25) is 0 Å². The van der Waals surface area contributed by atoms with E-state index in [1.54, 1.807) is 0 Å². The van der Waals surface area contributed by atoms with Gasteiger partial charge in [-0.15, -0.1) is 22.0 Å². The van der Waals surface area contributed by atoms with Crippen LogP contribution >= 0.6 is 11.8 Å².